The van der Waals surface area contributed by atoms with Crippen molar-refractivity contribution in [1.82, 2.24) is 4.90 Å². The molecular formula is C19H36ClNO2. The van der Waals surface area contributed by atoms with E-state index in [1.54, 1.807) is 13.8 Å². The lowest BCUT2D eigenvalue weighted by Crippen LogP contribution is -2.43. The van der Waals surface area contributed by atoms with Crippen LogP contribution in [0.3, 0.4) is 0 Å². The Labute approximate surface area is 154 Å². The molecule has 2 rings (SSSR count). The van der Waals surface area contributed by atoms with Crippen molar-refractivity contribution < 1.29 is 15.0 Å². The van der Waals surface area contributed by atoms with Gasteiger partial charge in [-0.25, -0.2) is 0 Å². The van der Waals surface area contributed by atoms with Crippen LogP contribution in [0, 0.1) is 11.3 Å². The molecule has 0 aliphatic heterocycles. The summed E-state index contributed by atoms with van der Waals surface area (Å²) in [4.78, 5) is 14.6. The lowest BCUT2D eigenvalue weighted by Gasteiger charge is -2.43. The highest BCUT2D eigenvalue weighted by Gasteiger charge is 2.47. The number of carbonyl (C=O) groups excluding carboxylic acids is 1. The predicted octanol–water partition coefficient (Wildman–Crippen LogP) is 4.82. The zero-order valence-electron chi connectivity index (χ0n) is 18.7. The van der Waals surface area contributed by atoms with Crippen LogP contribution in [0.25, 0.3) is 0 Å². The zero-order chi connectivity index (χ0) is 19.4. The molecule has 0 unspecified atom stereocenters. The van der Waals surface area contributed by atoms with Gasteiger partial charge in [0.15, 0.2) is 0 Å². The SMILES string of the molecule is Cl.[2H]C([2H])(OC(=O)C1(C2CCCCC2)CCCCC1)C([2H])([2H])N(CC)CC. The van der Waals surface area contributed by atoms with Gasteiger partial charge in [0, 0.05) is 9.24 Å². The number of esters is 1. The molecule has 0 amide bonds. The molecule has 0 bridgehead atoms. The lowest BCUT2D eigenvalue weighted by atomic mass is 9.62. The number of ether oxygens (including phenoxy) is 1. The zero-order valence-corrected chi connectivity index (χ0v) is 15.6. The molecular weight excluding hydrogens is 310 g/mol. The van der Waals surface area contributed by atoms with Crippen LogP contribution in [0.1, 0.15) is 83.5 Å². The average Bonchev–Trinajstić information content (AvgIpc) is 2.63. The molecule has 4 heteroatoms. The normalized spacial score (nSPS) is 25.5. The highest BCUT2D eigenvalue weighted by atomic mass is 35.5. The van der Waals surface area contributed by atoms with Crippen LogP contribution in [0.15, 0.2) is 0 Å². The van der Waals surface area contributed by atoms with Crippen molar-refractivity contribution >= 4 is 18.4 Å². The molecule has 0 aromatic heterocycles. The lowest BCUT2D eigenvalue weighted by molar-refractivity contribution is -0.164. The van der Waals surface area contributed by atoms with Crippen LogP contribution in [-0.2, 0) is 9.53 Å². The second kappa shape index (κ2) is 10.6. The molecule has 0 aromatic carbocycles. The number of hydrogen-bond donors (Lipinski definition) is 0. The molecule has 0 spiro atoms. The van der Waals surface area contributed by atoms with E-state index in [0.717, 1.165) is 57.8 Å². The minimum atomic E-state index is -2.67. The van der Waals surface area contributed by atoms with Gasteiger partial charge in [0.05, 0.1) is 8.16 Å². The first-order valence-electron chi connectivity index (χ1n) is 11.2. The van der Waals surface area contributed by atoms with Crippen molar-refractivity contribution in [3.05, 3.63) is 0 Å². The minimum Gasteiger partial charge on any atom is -0.464 e. The Hall–Kier alpha value is -0.280. The van der Waals surface area contributed by atoms with Gasteiger partial charge in [0.1, 0.15) is 6.56 Å². The van der Waals surface area contributed by atoms with Crippen LogP contribution >= 0.6 is 12.4 Å². The maximum atomic E-state index is 13.2. The summed E-state index contributed by atoms with van der Waals surface area (Å²) in [5, 5.41) is 0. The van der Waals surface area contributed by atoms with Gasteiger partial charge in [-0.05, 0) is 44.7 Å². The maximum absolute atomic E-state index is 13.2. The van der Waals surface area contributed by atoms with Crippen molar-refractivity contribution in [2.45, 2.75) is 78.1 Å². The molecule has 2 saturated carbocycles. The molecule has 0 N–H and O–H groups in total. The van der Waals surface area contributed by atoms with Crippen LogP contribution in [0.2, 0.25) is 0 Å². The molecule has 2 aliphatic carbocycles. The number of hydrogen-bond acceptors (Lipinski definition) is 3. The fraction of sp³-hybridized carbons (Fsp3) is 0.947. The molecule has 0 radical (unpaired) electrons. The molecule has 0 saturated heterocycles. The van der Waals surface area contributed by atoms with E-state index in [-0.39, 0.29) is 18.3 Å². The Morgan fingerprint density at radius 2 is 1.65 bits per heavy atom. The summed E-state index contributed by atoms with van der Waals surface area (Å²) in [6.45, 7) is -0.750. The monoisotopic (exact) mass is 349 g/mol. The van der Waals surface area contributed by atoms with E-state index in [2.05, 4.69) is 0 Å². The van der Waals surface area contributed by atoms with Gasteiger partial charge in [-0.3, -0.25) is 4.79 Å². The molecule has 0 aromatic rings. The van der Waals surface area contributed by atoms with Gasteiger partial charge in [-0.15, -0.1) is 12.4 Å². The summed E-state index contributed by atoms with van der Waals surface area (Å²) in [5.74, 6) is -0.260. The van der Waals surface area contributed by atoms with Crippen LogP contribution < -0.4 is 0 Å². The summed E-state index contributed by atoms with van der Waals surface area (Å²) in [6, 6.07) is 0. The first-order chi connectivity index (χ1) is 12.2. The topological polar surface area (TPSA) is 29.5 Å². The number of halogens is 1. The molecule has 2 fully saturated rings. The summed E-state index contributed by atoms with van der Waals surface area (Å²) in [7, 11) is 0. The number of rotatable bonds is 7. The van der Waals surface area contributed by atoms with E-state index < -0.39 is 24.4 Å². The van der Waals surface area contributed by atoms with Gasteiger partial charge in [-0.1, -0.05) is 52.4 Å². The maximum Gasteiger partial charge on any atom is 0.312 e. The van der Waals surface area contributed by atoms with Crippen LogP contribution in [0.4, 0.5) is 0 Å². The van der Waals surface area contributed by atoms with Gasteiger partial charge >= 0.3 is 5.97 Å². The van der Waals surface area contributed by atoms with Crippen molar-refractivity contribution in [2.24, 2.45) is 11.3 Å². The van der Waals surface area contributed by atoms with Crippen molar-refractivity contribution in [2.75, 3.05) is 26.1 Å². The second-order valence-corrected chi connectivity index (χ2v) is 6.83. The van der Waals surface area contributed by atoms with Crippen molar-refractivity contribution in [3.63, 3.8) is 0 Å². The second-order valence-electron chi connectivity index (χ2n) is 6.83. The summed E-state index contributed by atoms with van der Waals surface area (Å²) in [6.07, 6.45) is 9.99. The first kappa shape index (κ1) is 15.0. The van der Waals surface area contributed by atoms with E-state index in [1.165, 1.54) is 11.3 Å². The Bertz CT molecular complexity index is 474. The van der Waals surface area contributed by atoms with E-state index in [0.29, 0.717) is 13.1 Å². The molecule has 0 atom stereocenters. The highest BCUT2D eigenvalue weighted by Crippen LogP contribution is 2.49. The minimum absolute atomic E-state index is 0. The quantitative estimate of drug-likeness (QED) is 0.617. The fourth-order valence-corrected chi connectivity index (χ4v) is 4.23. The number of likely N-dealkylation sites (N-methyl/N-ethyl adjacent to an activating group) is 1. The number of nitrogens with zero attached hydrogens (tertiary/aromatic N) is 1. The largest absolute Gasteiger partial charge is 0.464 e. The van der Waals surface area contributed by atoms with Crippen molar-refractivity contribution in [3.8, 4) is 0 Å². The van der Waals surface area contributed by atoms with Gasteiger partial charge in [0.25, 0.3) is 0 Å². The highest BCUT2D eigenvalue weighted by molar-refractivity contribution is 5.85. The van der Waals surface area contributed by atoms with Crippen molar-refractivity contribution in [1.29, 1.82) is 0 Å². The smallest absolute Gasteiger partial charge is 0.312 e. The Kier molecular flexibility index (Phi) is 6.89. The van der Waals surface area contributed by atoms with Crippen LogP contribution in [0.5, 0.6) is 0 Å². The molecule has 2 aliphatic rings. The third-order valence-electron chi connectivity index (χ3n) is 5.65. The Morgan fingerprint density at radius 1 is 1.09 bits per heavy atom. The fourth-order valence-electron chi connectivity index (χ4n) is 4.23. The van der Waals surface area contributed by atoms with E-state index in [1.807, 2.05) is 0 Å². The van der Waals surface area contributed by atoms with Gasteiger partial charge in [0.2, 0.25) is 0 Å². The third kappa shape index (κ3) is 5.35. The first-order valence-corrected chi connectivity index (χ1v) is 9.19. The van der Waals surface area contributed by atoms with E-state index >= 15 is 0 Å². The molecule has 3 nitrogen and oxygen atoms in total. The number of carbonyl (C=O) groups is 1. The van der Waals surface area contributed by atoms with Gasteiger partial charge in [-0.2, -0.15) is 0 Å². The molecule has 23 heavy (non-hydrogen) atoms. The summed E-state index contributed by atoms with van der Waals surface area (Å²) < 4.78 is 38.3. The molecule has 136 valence electrons. The van der Waals surface area contributed by atoms with E-state index in [4.69, 9.17) is 10.2 Å². The Balaban J connectivity index is 0.00000364. The standard InChI is InChI=1S/C19H35NO2.ClH/c1-3-20(4-2)15-16-22-18(21)19(13-9-6-10-14-19)17-11-7-5-8-12-17;/h17H,3-16H2,1-2H3;1H/i15D2,16D2;. The summed E-state index contributed by atoms with van der Waals surface area (Å²) in [5.41, 5.74) is -0.620. The average molecular weight is 350 g/mol. The van der Waals surface area contributed by atoms with Crippen LogP contribution in [-0.4, -0.2) is 37.0 Å². The molecule has 0 heterocycles. The Morgan fingerprint density at radius 3 is 2.22 bits per heavy atom. The predicted molar refractivity (Wildman–Crippen MR) is 98.1 cm³/mol. The summed E-state index contributed by atoms with van der Waals surface area (Å²) >= 11 is 0. The third-order valence-corrected chi connectivity index (χ3v) is 5.65. The van der Waals surface area contributed by atoms with Gasteiger partial charge < -0.3 is 9.64 Å². The van der Waals surface area contributed by atoms with E-state index in [9.17, 15) is 4.79 Å².